The summed E-state index contributed by atoms with van der Waals surface area (Å²) < 4.78 is 38.8. The standard InChI is InChI=1S/C17H18N2O5S/c1-19-15-8-7-14(11-16(15)24-17(19)20)25(21,22)18-10-9-12-3-5-13(23-2)6-4-12/h3-8,11,18H,9-10H2,1-2H3. The summed E-state index contributed by atoms with van der Waals surface area (Å²) in [4.78, 5) is 11.6. The maximum Gasteiger partial charge on any atom is 0.419 e. The van der Waals surface area contributed by atoms with Crippen molar-refractivity contribution in [1.29, 1.82) is 0 Å². The number of hydrogen-bond acceptors (Lipinski definition) is 5. The van der Waals surface area contributed by atoms with Gasteiger partial charge in [0.25, 0.3) is 0 Å². The SMILES string of the molecule is COc1ccc(CCNS(=O)(=O)c2ccc3c(c2)oc(=O)n3C)cc1. The third-order valence-electron chi connectivity index (χ3n) is 3.94. The first-order valence-electron chi connectivity index (χ1n) is 7.63. The second-order valence-corrected chi connectivity index (χ2v) is 7.32. The molecule has 0 bridgehead atoms. The molecule has 0 aliphatic heterocycles. The van der Waals surface area contributed by atoms with E-state index in [0.717, 1.165) is 11.3 Å². The fourth-order valence-corrected chi connectivity index (χ4v) is 3.53. The van der Waals surface area contributed by atoms with Crippen molar-refractivity contribution in [2.75, 3.05) is 13.7 Å². The number of aryl methyl sites for hydroxylation is 1. The molecule has 3 rings (SSSR count). The molecule has 0 fully saturated rings. The van der Waals surface area contributed by atoms with Crippen LogP contribution in [0.25, 0.3) is 11.1 Å². The van der Waals surface area contributed by atoms with Crippen LogP contribution < -0.4 is 15.2 Å². The van der Waals surface area contributed by atoms with E-state index < -0.39 is 15.8 Å². The maximum atomic E-state index is 12.4. The molecule has 0 atom stereocenters. The predicted octanol–water partition coefficient (Wildman–Crippen LogP) is 1.66. The number of nitrogens with one attached hydrogen (secondary N) is 1. The van der Waals surface area contributed by atoms with E-state index in [1.807, 2.05) is 24.3 Å². The molecule has 0 unspecified atom stereocenters. The van der Waals surface area contributed by atoms with Gasteiger partial charge in [0.05, 0.1) is 17.5 Å². The lowest BCUT2D eigenvalue weighted by Crippen LogP contribution is -2.26. The summed E-state index contributed by atoms with van der Waals surface area (Å²) in [5.74, 6) is 0.221. The van der Waals surface area contributed by atoms with Crippen LogP contribution >= 0.6 is 0 Å². The molecule has 0 radical (unpaired) electrons. The van der Waals surface area contributed by atoms with Crippen LogP contribution in [0.1, 0.15) is 5.56 Å². The van der Waals surface area contributed by atoms with Gasteiger partial charge in [0.2, 0.25) is 10.0 Å². The average Bonchev–Trinajstić information content (AvgIpc) is 2.89. The molecule has 3 aromatic rings. The topological polar surface area (TPSA) is 90.5 Å². The third kappa shape index (κ3) is 3.59. The van der Waals surface area contributed by atoms with Gasteiger partial charge < -0.3 is 9.15 Å². The van der Waals surface area contributed by atoms with Gasteiger partial charge in [-0.05, 0) is 36.2 Å². The van der Waals surface area contributed by atoms with Crippen LogP contribution in [-0.2, 0) is 23.5 Å². The molecule has 0 saturated carbocycles. The van der Waals surface area contributed by atoms with E-state index in [9.17, 15) is 13.2 Å². The van der Waals surface area contributed by atoms with Crippen LogP contribution in [0.4, 0.5) is 0 Å². The lowest BCUT2D eigenvalue weighted by atomic mass is 10.1. The van der Waals surface area contributed by atoms with Gasteiger partial charge in [-0.3, -0.25) is 4.57 Å². The van der Waals surface area contributed by atoms with Crippen molar-refractivity contribution in [3.63, 3.8) is 0 Å². The van der Waals surface area contributed by atoms with Crippen LogP contribution in [0.5, 0.6) is 5.75 Å². The highest BCUT2D eigenvalue weighted by Crippen LogP contribution is 2.18. The van der Waals surface area contributed by atoms with E-state index >= 15 is 0 Å². The van der Waals surface area contributed by atoms with E-state index in [0.29, 0.717) is 11.9 Å². The van der Waals surface area contributed by atoms with Gasteiger partial charge in [-0.2, -0.15) is 0 Å². The molecule has 0 spiro atoms. The number of aromatic nitrogens is 1. The normalized spacial score (nSPS) is 11.8. The second-order valence-electron chi connectivity index (χ2n) is 5.55. The average molecular weight is 362 g/mol. The van der Waals surface area contributed by atoms with Crippen LogP contribution in [0.15, 0.2) is 56.6 Å². The molecule has 7 nitrogen and oxygen atoms in total. The summed E-state index contributed by atoms with van der Waals surface area (Å²) >= 11 is 0. The molecule has 1 aromatic heterocycles. The molecule has 2 aromatic carbocycles. The monoisotopic (exact) mass is 362 g/mol. The fraction of sp³-hybridized carbons (Fsp3) is 0.235. The minimum absolute atomic E-state index is 0.0593. The Morgan fingerprint density at radius 3 is 2.56 bits per heavy atom. The fourth-order valence-electron chi connectivity index (χ4n) is 2.49. The first-order valence-corrected chi connectivity index (χ1v) is 9.11. The second kappa shape index (κ2) is 6.73. The van der Waals surface area contributed by atoms with Crippen molar-refractivity contribution in [3.8, 4) is 5.75 Å². The predicted molar refractivity (Wildman–Crippen MR) is 93.3 cm³/mol. The largest absolute Gasteiger partial charge is 0.497 e. The number of hydrogen-bond donors (Lipinski definition) is 1. The number of fused-ring (bicyclic) bond motifs is 1. The summed E-state index contributed by atoms with van der Waals surface area (Å²) in [6, 6.07) is 11.8. The Morgan fingerprint density at radius 1 is 1.16 bits per heavy atom. The van der Waals surface area contributed by atoms with Crippen molar-refractivity contribution in [2.45, 2.75) is 11.3 Å². The highest BCUT2D eigenvalue weighted by Gasteiger charge is 2.16. The minimum Gasteiger partial charge on any atom is -0.497 e. The molecule has 0 saturated heterocycles. The molecule has 1 N–H and O–H groups in total. The van der Waals surface area contributed by atoms with Crippen LogP contribution in [-0.4, -0.2) is 26.6 Å². The first kappa shape index (κ1) is 17.2. The van der Waals surface area contributed by atoms with Crippen LogP contribution in [0.2, 0.25) is 0 Å². The van der Waals surface area contributed by atoms with E-state index in [2.05, 4.69) is 4.72 Å². The lowest BCUT2D eigenvalue weighted by Gasteiger charge is -2.07. The summed E-state index contributed by atoms with van der Waals surface area (Å²) in [6.45, 7) is 0.255. The van der Waals surface area contributed by atoms with Crippen LogP contribution in [0.3, 0.4) is 0 Å². The molecule has 0 amide bonds. The number of benzene rings is 2. The zero-order valence-electron chi connectivity index (χ0n) is 13.9. The van der Waals surface area contributed by atoms with Crippen molar-refractivity contribution in [1.82, 2.24) is 9.29 Å². The molecule has 25 heavy (non-hydrogen) atoms. The Kier molecular flexibility index (Phi) is 4.65. The van der Waals surface area contributed by atoms with E-state index in [4.69, 9.17) is 9.15 Å². The summed E-state index contributed by atoms with van der Waals surface area (Å²) in [6.07, 6.45) is 0.548. The number of ether oxygens (including phenoxy) is 1. The van der Waals surface area contributed by atoms with Gasteiger partial charge in [0.1, 0.15) is 5.75 Å². The van der Waals surface area contributed by atoms with E-state index in [1.165, 1.54) is 16.7 Å². The van der Waals surface area contributed by atoms with Gasteiger partial charge in [-0.1, -0.05) is 12.1 Å². The highest BCUT2D eigenvalue weighted by atomic mass is 32.2. The summed E-state index contributed by atoms with van der Waals surface area (Å²) in [7, 11) is -0.527. The number of nitrogens with zero attached hydrogens (tertiary/aromatic N) is 1. The summed E-state index contributed by atoms with van der Waals surface area (Å²) in [5, 5.41) is 0. The Bertz CT molecular complexity index is 1050. The smallest absolute Gasteiger partial charge is 0.419 e. The number of rotatable bonds is 6. The molecule has 132 valence electrons. The van der Waals surface area contributed by atoms with Gasteiger partial charge >= 0.3 is 5.76 Å². The number of methoxy groups -OCH3 is 1. The molecule has 0 aliphatic carbocycles. The van der Waals surface area contributed by atoms with Gasteiger partial charge in [0.15, 0.2) is 5.58 Å². The molecular formula is C17H18N2O5S. The molecule has 1 heterocycles. The van der Waals surface area contributed by atoms with Crippen molar-refractivity contribution < 1.29 is 17.6 Å². The first-order chi connectivity index (χ1) is 11.9. The summed E-state index contributed by atoms with van der Waals surface area (Å²) in [5.41, 5.74) is 1.78. The minimum atomic E-state index is -3.68. The van der Waals surface area contributed by atoms with Crippen molar-refractivity contribution >= 4 is 21.1 Å². The quantitative estimate of drug-likeness (QED) is 0.720. The molecule has 0 aliphatic rings. The zero-order valence-corrected chi connectivity index (χ0v) is 14.7. The van der Waals surface area contributed by atoms with Gasteiger partial charge in [0, 0.05) is 19.7 Å². The Labute approximate surface area is 144 Å². The van der Waals surface area contributed by atoms with E-state index in [1.54, 1.807) is 20.2 Å². The third-order valence-corrected chi connectivity index (χ3v) is 5.40. The zero-order chi connectivity index (χ0) is 18.0. The van der Waals surface area contributed by atoms with Crippen LogP contribution in [0, 0.1) is 0 Å². The molecular weight excluding hydrogens is 344 g/mol. The lowest BCUT2D eigenvalue weighted by molar-refractivity contribution is 0.414. The number of sulfonamides is 1. The Morgan fingerprint density at radius 2 is 1.88 bits per heavy atom. The Balaban J connectivity index is 1.71. The maximum absolute atomic E-state index is 12.4. The van der Waals surface area contributed by atoms with E-state index in [-0.39, 0.29) is 17.0 Å². The van der Waals surface area contributed by atoms with Gasteiger partial charge in [-0.15, -0.1) is 0 Å². The Hall–Kier alpha value is -2.58. The number of oxazole rings is 1. The van der Waals surface area contributed by atoms with Gasteiger partial charge in [-0.25, -0.2) is 17.9 Å². The van der Waals surface area contributed by atoms with Crippen molar-refractivity contribution in [2.24, 2.45) is 7.05 Å². The highest BCUT2D eigenvalue weighted by molar-refractivity contribution is 7.89. The van der Waals surface area contributed by atoms with Crippen molar-refractivity contribution in [3.05, 3.63) is 58.6 Å². The molecule has 8 heteroatoms.